The molecular formula is C13H11N2NaO4S2. The smallest absolute Gasteiger partial charge is 0.545 e. The zero-order valence-corrected chi connectivity index (χ0v) is 15.3. The van der Waals surface area contributed by atoms with Crippen LogP contribution in [0.4, 0.5) is 11.4 Å². The van der Waals surface area contributed by atoms with Crippen LogP contribution in [0.3, 0.4) is 0 Å². The van der Waals surface area contributed by atoms with Crippen molar-refractivity contribution in [2.24, 2.45) is 0 Å². The van der Waals surface area contributed by atoms with Gasteiger partial charge in [-0.15, -0.1) is 11.3 Å². The third-order valence-corrected chi connectivity index (χ3v) is 3.78. The number of anilines is 2. The molecule has 0 saturated carbocycles. The normalized spacial score (nSPS) is 10.9. The van der Waals surface area contributed by atoms with E-state index in [0.717, 1.165) is 11.0 Å². The van der Waals surface area contributed by atoms with Crippen LogP contribution in [0.2, 0.25) is 0 Å². The molecule has 0 aliphatic rings. The van der Waals surface area contributed by atoms with Gasteiger partial charge in [-0.1, -0.05) is 6.07 Å². The van der Waals surface area contributed by atoms with Gasteiger partial charge in [-0.2, -0.15) is 0 Å². The minimum atomic E-state index is -2.71. The number of carbonyl (C=O) groups excluding carboxylic acids is 1. The second-order valence-electron chi connectivity index (χ2n) is 3.93. The van der Waals surface area contributed by atoms with Crippen LogP contribution in [0.15, 0.2) is 47.9 Å². The molecule has 0 fully saturated rings. The Labute approximate surface area is 155 Å². The molecule has 1 heterocycles. The van der Waals surface area contributed by atoms with Crippen LogP contribution in [-0.2, 0) is 15.7 Å². The average molecular weight is 346 g/mol. The van der Waals surface area contributed by atoms with E-state index in [9.17, 15) is 18.3 Å². The van der Waals surface area contributed by atoms with Crippen LogP contribution in [0.25, 0.3) is 5.70 Å². The van der Waals surface area contributed by atoms with E-state index in [0.29, 0.717) is 17.1 Å². The maximum atomic E-state index is 10.8. The number of thiophene rings is 1. The van der Waals surface area contributed by atoms with Crippen molar-refractivity contribution < 1.29 is 47.9 Å². The van der Waals surface area contributed by atoms with Crippen LogP contribution in [-0.4, -0.2) is 14.4 Å². The number of rotatable bonds is 6. The number of hydrogen-bond acceptors (Lipinski definition) is 6. The largest absolute Gasteiger partial charge is 1.00 e. The van der Waals surface area contributed by atoms with Gasteiger partial charge in [-0.3, -0.25) is 4.72 Å². The zero-order chi connectivity index (χ0) is 15.2. The van der Waals surface area contributed by atoms with Crippen molar-refractivity contribution in [2.45, 2.75) is 0 Å². The number of carboxylic acids is 1. The molecule has 2 rings (SSSR count). The van der Waals surface area contributed by atoms with E-state index in [1.807, 2.05) is 11.4 Å². The fourth-order valence-electron chi connectivity index (χ4n) is 1.61. The number of nitrogens with one attached hydrogen (secondary N) is 2. The third-order valence-electron chi connectivity index (χ3n) is 2.43. The second kappa shape index (κ2) is 8.96. The Morgan fingerprint density at radius 2 is 1.77 bits per heavy atom. The van der Waals surface area contributed by atoms with Gasteiger partial charge in [0.1, 0.15) is 0 Å². The predicted molar refractivity (Wildman–Crippen MR) is 81.3 cm³/mol. The molecule has 110 valence electrons. The first kappa shape index (κ1) is 18.7. The van der Waals surface area contributed by atoms with Crippen molar-refractivity contribution in [1.29, 1.82) is 0 Å². The van der Waals surface area contributed by atoms with Gasteiger partial charge < -0.3 is 15.2 Å². The number of hydrogen-bond donors (Lipinski definition) is 3. The summed E-state index contributed by atoms with van der Waals surface area (Å²) in [5.41, 5.74) is 1.46. The quantitative estimate of drug-likeness (QED) is 0.316. The molecule has 0 amide bonds. The summed E-state index contributed by atoms with van der Waals surface area (Å²) in [6.45, 7) is 0. The molecule has 1 aromatic heterocycles. The molecule has 2 aromatic rings. The van der Waals surface area contributed by atoms with Gasteiger partial charge in [0.05, 0.1) is 16.5 Å². The Morgan fingerprint density at radius 3 is 2.27 bits per heavy atom. The van der Waals surface area contributed by atoms with E-state index in [-0.39, 0.29) is 29.6 Å². The minimum Gasteiger partial charge on any atom is -0.545 e. The van der Waals surface area contributed by atoms with Crippen LogP contribution >= 0.6 is 11.3 Å². The van der Waals surface area contributed by atoms with Crippen molar-refractivity contribution in [1.82, 2.24) is 0 Å². The van der Waals surface area contributed by atoms with Crippen LogP contribution in [0.1, 0.15) is 4.88 Å². The summed E-state index contributed by atoms with van der Waals surface area (Å²) in [5.74, 6) is -1.30. The van der Waals surface area contributed by atoms with E-state index >= 15 is 0 Å². The van der Waals surface area contributed by atoms with Crippen molar-refractivity contribution in [3.8, 4) is 0 Å². The average Bonchev–Trinajstić information content (AvgIpc) is 2.93. The fraction of sp³-hybridized carbons (Fsp3) is 0. The van der Waals surface area contributed by atoms with E-state index < -0.39 is 16.9 Å². The second-order valence-corrected chi connectivity index (χ2v) is 5.61. The first-order valence-corrected chi connectivity index (χ1v) is 7.85. The summed E-state index contributed by atoms with van der Waals surface area (Å²) in [5, 5.41) is 15.6. The summed E-state index contributed by atoms with van der Waals surface area (Å²) in [4.78, 5) is 11.5. The Bertz CT molecular complexity index is 717. The number of carbonyl (C=O) groups is 1. The first-order valence-electron chi connectivity index (χ1n) is 5.79. The van der Waals surface area contributed by atoms with Gasteiger partial charge in [0.25, 0.3) is 0 Å². The van der Waals surface area contributed by atoms with Gasteiger partial charge in [0.2, 0.25) is 10.9 Å². The SMILES string of the molecule is O=C([O-])/C=C(\Nc1ccc(N[SH](=O)=O)cc1)c1cccs1.[Na+]. The minimum absolute atomic E-state index is 0. The summed E-state index contributed by atoms with van der Waals surface area (Å²) in [6, 6.07) is 10.00. The van der Waals surface area contributed by atoms with E-state index in [2.05, 4.69) is 10.0 Å². The maximum absolute atomic E-state index is 10.8. The van der Waals surface area contributed by atoms with E-state index in [1.165, 1.54) is 11.3 Å². The predicted octanol–water partition coefficient (Wildman–Crippen LogP) is -2.11. The van der Waals surface area contributed by atoms with Gasteiger partial charge in [-0.25, -0.2) is 8.42 Å². The fourth-order valence-corrected chi connectivity index (χ4v) is 2.67. The molecule has 0 radical (unpaired) electrons. The number of thiol groups is 1. The molecule has 0 aliphatic carbocycles. The Morgan fingerprint density at radius 1 is 1.14 bits per heavy atom. The Kier molecular flexibility index (Phi) is 7.63. The van der Waals surface area contributed by atoms with E-state index in [1.54, 1.807) is 30.3 Å². The first-order chi connectivity index (χ1) is 10.0. The molecular weight excluding hydrogens is 335 g/mol. The van der Waals surface area contributed by atoms with Crippen molar-refractivity contribution >= 4 is 45.3 Å². The molecule has 0 spiro atoms. The van der Waals surface area contributed by atoms with Crippen LogP contribution in [0.5, 0.6) is 0 Å². The maximum Gasteiger partial charge on any atom is 1.00 e. The molecule has 0 aliphatic heterocycles. The number of aliphatic carboxylic acids is 1. The monoisotopic (exact) mass is 346 g/mol. The standard InChI is InChI=1S/C13H12N2O4S2.Na/c16-13(17)8-11(12-2-1-7-20-12)14-9-3-5-10(6-4-9)15-21(18)19;/h1-8,14,21H,(H,16,17)(H,15,18,19);/q;+1/p-1/b11-8-;. The molecule has 0 saturated heterocycles. The summed E-state index contributed by atoms with van der Waals surface area (Å²) >= 11 is 1.39. The molecule has 1 aromatic carbocycles. The summed E-state index contributed by atoms with van der Waals surface area (Å²) in [6.07, 6.45) is 0.979. The van der Waals surface area contributed by atoms with Crippen molar-refractivity contribution in [2.75, 3.05) is 10.0 Å². The molecule has 6 nitrogen and oxygen atoms in total. The molecule has 0 unspecified atom stereocenters. The molecule has 22 heavy (non-hydrogen) atoms. The molecule has 0 atom stereocenters. The van der Waals surface area contributed by atoms with Crippen molar-refractivity contribution in [3.05, 3.63) is 52.7 Å². The van der Waals surface area contributed by atoms with Gasteiger partial charge in [0, 0.05) is 11.4 Å². The molecule has 2 N–H and O–H groups in total. The third kappa shape index (κ3) is 5.82. The topological polar surface area (TPSA) is 98.3 Å². The van der Waals surface area contributed by atoms with Gasteiger partial charge in [0.15, 0.2) is 0 Å². The van der Waals surface area contributed by atoms with E-state index in [4.69, 9.17) is 0 Å². The summed E-state index contributed by atoms with van der Waals surface area (Å²) in [7, 11) is -2.71. The Balaban J connectivity index is 0.00000242. The number of carboxylic acid groups (broad SMARTS) is 1. The van der Waals surface area contributed by atoms with Crippen LogP contribution in [0, 0.1) is 0 Å². The molecule has 0 bridgehead atoms. The van der Waals surface area contributed by atoms with Gasteiger partial charge >= 0.3 is 29.6 Å². The zero-order valence-electron chi connectivity index (χ0n) is 11.6. The summed E-state index contributed by atoms with van der Waals surface area (Å²) < 4.78 is 23.3. The van der Waals surface area contributed by atoms with Gasteiger partial charge in [-0.05, 0) is 41.8 Å². The molecule has 9 heteroatoms. The van der Waals surface area contributed by atoms with Crippen LogP contribution < -0.4 is 44.7 Å². The van der Waals surface area contributed by atoms with Crippen molar-refractivity contribution in [3.63, 3.8) is 0 Å². The Hall–Kier alpha value is -1.32. The number of benzene rings is 1.